The number of carbonyl (C=O) groups excluding carboxylic acids is 2. The SMILES string of the molecule is CCc1ccccc1N(CC(=O)N(Cc1ccc(C)cc1)C(Cc1ccccc1)C(=O)NC1CCCCC1)S(=O)(=O)c1ccccc1. The fourth-order valence-corrected chi connectivity index (χ4v) is 7.75. The topological polar surface area (TPSA) is 86.8 Å². The Morgan fingerprint density at radius 2 is 1.40 bits per heavy atom. The molecule has 0 spiro atoms. The van der Waals surface area contributed by atoms with E-state index in [1.807, 2.05) is 80.6 Å². The zero-order valence-electron chi connectivity index (χ0n) is 27.3. The van der Waals surface area contributed by atoms with E-state index >= 15 is 0 Å². The number of nitrogens with one attached hydrogen (secondary N) is 1. The molecule has 1 unspecified atom stereocenters. The van der Waals surface area contributed by atoms with E-state index in [-0.39, 0.29) is 23.4 Å². The number of aryl methyl sites for hydroxylation is 2. The molecule has 0 saturated heterocycles. The monoisotopic (exact) mass is 651 g/mol. The Morgan fingerprint density at radius 1 is 0.787 bits per heavy atom. The Balaban J connectivity index is 1.57. The number of hydrogen-bond acceptors (Lipinski definition) is 4. The highest BCUT2D eigenvalue weighted by Crippen LogP contribution is 2.29. The number of sulfonamides is 1. The molecule has 1 saturated carbocycles. The van der Waals surface area contributed by atoms with Crippen LogP contribution in [0, 0.1) is 6.92 Å². The molecule has 7 nitrogen and oxygen atoms in total. The second-order valence-corrected chi connectivity index (χ2v) is 14.2. The summed E-state index contributed by atoms with van der Waals surface area (Å²) in [6, 6.07) is 32.2. The molecule has 8 heteroatoms. The third-order valence-electron chi connectivity index (χ3n) is 8.95. The molecule has 0 aliphatic heterocycles. The Bertz CT molecular complexity index is 1720. The molecule has 4 aromatic rings. The molecular formula is C39H45N3O4S. The van der Waals surface area contributed by atoms with Crippen molar-refractivity contribution in [3.63, 3.8) is 0 Å². The van der Waals surface area contributed by atoms with Gasteiger partial charge in [-0.05, 0) is 61.1 Å². The van der Waals surface area contributed by atoms with Crippen LogP contribution >= 0.6 is 0 Å². The molecule has 47 heavy (non-hydrogen) atoms. The minimum Gasteiger partial charge on any atom is -0.352 e. The summed E-state index contributed by atoms with van der Waals surface area (Å²) < 4.78 is 29.8. The van der Waals surface area contributed by atoms with Crippen LogP contribution in [-0.2, 0) is 39.0 Å². The normalized spacial score (nSPS) is 14.3. The minimum absolute atomic E-state index is 0.0530. The lowest BCUT2D eigenvalue weighted by molar-refractivity contribution is -0.140. The highest BCUT2D eigenvalue weighted by atomic mass is 32.2. The van der Waals surface area contributed by atoms with Crippen LogP contribution in [0.5, 0.6) is 0 Å². The zero-order valence-corrected chi connectivity index (χ0v) is 28.2. The Morgan fingerprint density at radius 3 is 2.06 bits per heavy atom. The highest BCUT2D eigenvalue weighted by Gasteiger charge is 2.35. The summed E-state index contributed by atoms with van der Waals surface area (Å²) >= 11 is 0. The van der Waals surface area contributed by atoms with Crippen molar-refractivity contribution in [3.8, 4) is 0 Å². The second kappa shape index (κ2) is 15.9. The number of rotatable bonds is 13. The molecule has 1 fully saturated rings. The number of hydrogen-bond donors (Lipinski definition) is 1. The van der Waals surface area contributed by atoms with Crippen molar-refractivity contribution in [2.45, 2.75) is 82.3 Å². The van der Waals surface area contributed by atoms with Crippen molar-refractivity contribution in [1.82, 2.24) is 10.2 Å². The van der Waals surface area contributed by atoms with Gasteiger partial charge < -0.3 is 10.2 Å². The number of carbonyl (C=O) groups is 2. The van der Waals surface area contributed by atoms with E-state index < -0.39 is 28.5 Å². The van der Waals surface area contributed by atoms with Crippen molar-refractivity contribution in [3.05, 3.63) is 131 Å². The Hall–Kier alpha value is -4.43. The lowest BCUT2D eigenvalue weighted by atomic mass is 9.94. The average Bonchev–Trinajstić information content (AvgIpc) is 3.10. The molecule has 2 amide bonds. The first-order chi connectivity index (χ1) is 22.8. The largest absolute Gasteiger partial charge is 0.352 e. The second-order valence-electron chi connectivity index (χ2n) is 12.4. The third kappa shape index (κ3) is 8.69. The standard InChI is InChI=1S/C39H45N3O4S/c1-3-33-17-13-14-22-36(33)42(47(45,46)35-20-11-6-12-21-35)29-38(43)41(28-32-25-23-30(2)24-26-32)37(27-31-15-7-4-8-16-31)39(44)40-34-18-9-5-10-19-34/h4,6-8,11-17,20-26,34,37H,3,5,9-10,18-19,27-29H2,1-2H3,(H,40,44). The van der Waals surface area contributed by atoms with Crippen LogP contribution < -0.4 is 9.62 Å². The molecule has 5 rings (SSSR count). The summed E-state index contributed by atoms with van der Waals surface area (Å²) in [5.74, 6) is -0.664. The van der Waals surface area contributed by atoms with Gasteiger partial charge in [-0.15, -0.1) is 0 Å². The van der Waals surface area contributed by atoms with Crippen molar-refractivity contribution in [1.29, 1.82) is 0 Å². The molecule has 0 aromatic heterocycles. The van der Waals surface area contributed by atoms with Gasteiger partial charge in [0.1, 0.15) is 12.6 Å². The summed E-state index contributed by atoms with van der Waals surface area (Å²) in [5.41, 5.74) is 4.12. The van der Waals surface area contributed by atoms with Crippen molar-refractivity contribution in [2.75, 3.05) is 10.8 Å². The van der Waals surface area contributed by atoms with Gasteiger partial charge in [-0.1, -0.05) is 123 Å². The maximum atomic E-state index is 14.7. The molecule has 0 radical (unpaired) electrons. The molecule has 4 aromatic carbocycles. The van der Waals surface area contributed by atoms with Gasteiger partial charge in [0, 0.05) is 19.0 Å². The minimum atomic E-state index is -4.14. The quantitative estimate of drug-likeness (QED) is 0.172. The van der Waals surface area contributed by atoms with E-state index in [9.17, 15) is 18.0 Å². The van der Waals surface area contributed by atoms with E-state index in [0.29, 0.717) is 18.5 Å². The van der Waals surface area contributed by atoms with E-state index in [1.54, 1.807) is 47.4 Å². The molecule has 1 N–H and O–H groups in total. The van der Waals surface area contributed by atoms with Gasteiger partial charge in [0.15, 0.2) is 0 Å². The maximum Gasteiger partial charge on any atom is 0.264 e. The first-order valence-corrected chi connectivity index (χ1v) is 18.0. The number of benzene rings is 4. The summed E-state index contributed by atoms with van der Waals surface area (Å²) in [7, 11) is -4.14. The van der Waals surface area contributed by atoms with Crippen molar-refractivity contribution in [2.24, 2.45) is 0 Å². The fraction of sp³-hybridized carbons (Fsp3) is 0.333. The number of amides is 2. The van der Waals surface area contributed by atoms with E-state index in [0.717, 1.165) is 54.4 Å². The molecule has 0 heterocycles. The smallest absolute Gasteiger partial charge is 0.264 e. The van der Waals surface area contributed by atoms with Crippen LogP contribution in [0.25, 0.3) is 0 Å². The van der Waals surface area contributed by atoms with Crippen LogP contribution in [-0.4, -0.2) is 43.8 Å². The first-order valence-electron chi connectivity index (χ1n) is 16.6. The van der Waals surface area contributed by atoms with Gasteiger partial charge in [-0.25, -0.2) is 8.42 Å². The van der Waals surface area contributed by atoms with Crippen LogP contribution in [0.1, 0.15) is 61.3 Å². The molecular weight excluding hydrogens is 607 g/mol. The maximum absolute atomic E-state index is 14.7. The first kappa shape index (κ1) is 33.9. The van der Waals surface area contributed by atoms with Crippen LogP contribution in [0.3, 0.4) is 0 Å². The lowest BCUT2D eigenvalue weighted by Crippen LogP contribution is -2.55. The fourth-order valence-electron chi connectivity index (χ4n) is 6.27. The van der Waals surface area contributed by atoms with Crippen molar-refractivity contribution < 1.29 is 18.0 Å². The zero-order chi connectivity index (χ0) is 33.2. The summed E-state index contributed by atoms with van der Waals surface area (Å²) in [6.45, 7) is 3.66. The summed E-state index contributed by atoms with van der Waals surface area (Å²) in [4.78, 5) is 30.7. The highest BCUT2D eigenvalue weighted by molar-refractivity contribution is 7.92. The molecule has 1 atom stereocenters. The van der Waals surface area contributed by atoms with Crippen LogP contribution in [0.15, 0.2) is 114 Å². The van der Waals surface area contributed by atoms with Gasteiger partial charge in [0.05, 0.1) is 10.6 Å². The van der Waals surface area contributed by atoms with Crippen LogP contribution in [0.4, 0.5) is 5.69 Å². The molecule has 1 aliphatic rings. The number of para-hydroxylation sites is 1. The number of nitrogens with zero attached hydrogens (tertiary/aromatic N) is 2. The third-order valence-corrected chi connectivity index (χ3v) is 10.7. The van der Waals surface area contributed by atoms with E-state index in [1.165, 1.54) is 4.31 Å². The Kier molecular flexibility index (Phi) is 11.5. The van der Waals surface area contributed by atoms with Gasteiger partial charge >= 0.3 is 0 Å². The van der Waals surface area contributed by atoms with E-state index in [2.05, 4.69) is 5.32 Å². The van der Waals surface area contributed by atoms with Gasteiger partial charge in [0.25, 0.3) is 10.0 Å². The van der Waals surface area contributed by atoms with E-state index in [4.69, 9.17) is 0 Å². The van der Waals surface area contributed by atoms with Crippen LogP contribution in [0.2, 0.25) is 0 Å². The molecule has 0 bridgehead atoms. The summed E-state index contributed by atoms with van der Waals surface area (Å²) in [6.07, 6.45) is 5.97. The van der Waals surface area contributed by atoms with Gasteiger partial charge in [-0.2, -0.15) is 0 Å². The predicted molar refractivity (Wildman–Crippen MR) is 187 cm³/mol. The van der Waals surface area contributed by atoms with Gasteiger partial charge in [0.2, 0.25) is 11.8 Å². The Labute approximate surface area is 279 Å². The molecule has 246 valence electrons. The predicted octanol–water partition coefficient (Wildman–Crippen LogP) is 6.84. The lowest BCUT2D eigenvalue weighted by Gasteiger charge is -2.35. The summed E-state index contributed by atoms with van der Waals surface area (Å²) in [5, 5.41) is 3.26. The molecule has 1 aliphatic carbocycles. The number of anilines is 1. The van der Waals surface area contributed by atoms with Crippen molar-refractivity contribution >= 4 is 27.5 Å². The average molecular weight is 652 g/mol. The van der Waals surface area contributed by atoms with Gasteiger partial charge in [-0.3, -0.25) is 13.9 Å².